The van der Waals surface area contributed by atoms with Crippen LogP contribution in [-0.4, -0.2) is 43.0 Å². The number of carbonyl (C=O) groups is 1. The van der Waals surface area contributed by atoms with Crippen molar-refractivity contribution in [3.05, 3.63) is 27.9 Å². The van der Waals surface area contributed by atoms with E-state index in [0.717, 1.165) is 23.5 Å². The lowest BCUT2D eigenvalue weighted by Gasteiger charge is -2.09. The third-order valence-corrected chi connectivity index (χ3v) is 4.15. The van der Waals surface area contributed by atoms with Crippen molar-refractivity contribution in [2.45, 2.75) is 6.42 Å². The summed E-state index contributed by atoms with van der Waals surface area (Å²) in [6.07, 6.45) is 0.945. The first-order valence-electron chi connectivity index (χ1n) is 6.08. The van der Waals surface area contributed by atoms with Crippen molar-refractivity contribution in [2.75, 3.05) is 27.2 Å². The first-order chi connectivity index (χ1) is 9.16. The van der Waals surface area contributed by atoms with Crippen LogP contribution in [0.3, 0.4) is 0 Å². The summed E-state index contributed by atoms with van der Waals surface area (Å²) in [4.78, 5) is 18.4. The van der Waals surface area contributed by atoms with Crippen LogP contribution in [0.2, 0.25) is 0 Å². The predicted octanol–water partition coefficient (Wildman–Crippen LogP) is 2.55. The van der Waals surface area contributed by atoms with E-state index in [0.29, 0.717) is 12.2 Å². The van der Waals surface area contributed by atoms with Gasteiger partial charge in [-0.15, -0.1) is 11.3 Å². The molecule has 0 spiro atoms. The molecule has 6 heteroatoms. The standard InChI is InChI=1S/C13H17N3OS2/c1-16(2)6-3-5-14-12(17)11-9-19-13(15-11)10-4-7-18-8-10/h4,7-9H,3,5-6H2,1-2H3,(H,14,17). The molecule has 1 amide bonds. The number of aromatic nitrogens is 1. The van der Waals surface area contributed by atoms with Gasteiger partial charge in [-0.1, -0.05) is 0 Å². The van der Waals surface area contributed by atoms with E-state index < -0.39 is 0 Å². The van der Waals surface area contributed by atoms with Crippen LogP contribution in [0.25, 0.3) is 10.6 Å². The molecule has 102 valence electrons. The monoisotopic (exact) mass is 295 g/mol. The van der Waals surface area contributed by atoms with Gasteiger partial charge in [-0.05, 0) is 38.5 Å². The summed E-state index contributed by atoms with van der Waals surface area (Å²) >= 11 is 3.14. The van der Waals surface area contributed by atoms with E-state index in [1.165, 1.54) is 11.3 Å². The van der Waals surface area contributed by atoms with Crippen LogP contribution in [0.5, 0.6) is 0 Å². The fraction of sp³-hybridized carbons (Fsp3) is 0.385. The van der Waals surface area contributed by atoms with Gasteiger partial charge in [-0.3, -0.25) is 4.79 Å². The lowest BCUT2D eigenvalue weighted by Crippen LogP contribution is -2.27. The Labute approximate surface area is 121 Å². The van der Waals surface area contributed by atoms with Gasteiger partial charge in [-0.25, -0.2) is 4.98 Å². The van der Waals surface area contributed by atoms with Gasteiger partial charge >= 0.3 is 0 Å². The summed E-state index contributed by atoms with van der Waals surface area (Å²) in [5.74, 6) is -0.0866. The summed E-state index contributed by atoms with van der Waals surface area (Å²) in [7, 11) is 4.05. The second-order valence-corrected chi connectivity index (χ2v) is 6.10. The molecule has 0 bridgehead atoms. The molecule has 0 unspecified atom stereocenters. The Bertz CT molecular complexity index is 520. The van der Waals surface area contributed by atoms with Gasteiger partial charge in [0.15, 0.2) is 0 Å². The summed E-state index contributed by atoms with van der Waals surface area (Å²) in [6.45, 7) is 1.65. The topological polar surface area (TPSA) is 45.2 Å². The average Bonchev–Trinajstić information content (AvgIpc) is 3.03. The maximum absolute atomic E-state index is 11.9. The van der Waals surface area contributed by atoms with E-state index in [2.05, 4.69) is 15.2 Å². The van der Waals surface area contributed by atoms with E-state index in [-0.39, 0.29) is 5.91 Å². The quantitative estimate of drug-likeness (QED) is 0.833. The van der Waals surface area contributed by atoms with Crippen LogP contribution in [0, 0.1) is 0 Å². The number of rotatable bonds is 6. The van der Waals surface area contributed by atoms with E-state index in [1.807, 2.05) is 36.3 Å². The molecule has 0 atom stereocenters. The highest BCUT2D eigenvalue weighted by Crippen LogP contribution is 2.25. The molecule has 0 saturated carbocycles. The largest absolute Gasteiger partial charge is 0.351 e. The minimum atomic E-state index is -0.0866. The lowest BCUT2D eigenvalue weighted by molar-refractivity contribution is 0.0948. The number of thiazole rings is 1. The Morgan fingerprint density at radius 2 is 2.26 bits per heavy atom. The molecule has 0 aromatic carbocycles. The summed E-state index contributed by atoms with van der Waals surface area (Å²) in [5, 5.41) is 9.66. The minimum Gasteiger partial charge on any atom is -0.351 e. The first kappa shape index (κ1) is 14.2. The number of amides is 1. The first-order valence-corrected chi connectivity index (χ1v) is 7.90. The van der Waals surface area contributed by atoms with Crippen LogP contribution in [0.15, 0.2) is 22.2 Å². The predicted molar refractivity (Wildman–Crippen MR) is 80.9 cm³/mol. The third-order valence-electron chi connectivity index (χ3n) is 2.57. The number of thiophene rings is 1. The van der Waals surface area contributed by atoms with Crippen molar-refractivity contribution in [3.8, 4) is 10.6 Å². The average molecular weight is 295 g/mol. The normalized spacial score (nSPS) is 10.9. The molecule has 4 nitrogen and oxygen atoms in total. The number of nitrogens with one attached hydrogen (secondary N) is 1. The number of hydrogen-bond acceptors (Lipinski definition) is 5. The Morgan fingerprint density at radius 3 is 2.95 bits per heavy atom. The zero-order valence-corrected chi connectivity index (χ0v) is 12.7. The molecule has 1 N–H and O–H groups in total. The molecule has 2 heterocycles. The Morgan fingerprint density at radius 1 is 1.42 bits per heavy atom. The van der Waals surface area contributed by atoms with Gasteiger partial charge in [0, 0.05) is 22.9 Å². The van der Waals surface area contributed by atoms with Crippen LogP contribution in [0.4, 0.5) is 0 Å². The van der Waals surface area contributed by atoms with Crippen molar-refractivity contribution in [1.82, 2.24) is 15.2 Å². The van der Waals surface area contributed by atoms with Gasteiger partial charge in [0.1, 0.15) is 10.7 Å². The fourth-order valence-corrected chi connectivity index (χ4v) is 3.10. The van der Waals surface area contributed by atoms with Gasteiger partial charge in [-0.2, -0.15) is 11.3 Å². The maximum Gasteiger partial charge on any atom is 0.270 e. The molecule has 0 fully saturated rings. The molecule has 2 aromatic rings. The molecular weight excluding hydrogens is 278 g/mol. The Balaban J connectivity index is 1.86. The molecule has 0 radical (unpaired) electrons. The van der Waals surface area contributed by atoms with Gasteiger partial charge in [0.25, 0.3) is 5.91 Å². The molecule has 2 aromatic heterocycles. The molecule has 19 heavy (non-hydrogen) atoms. The van der Waals surface area contributed by atoms with Crippen LogP contribution < -0.4 is 5.32 Å². The van der Waals surface area contributed by atoms with E-state index in [4.69, 9.17) is 0 Å². The molecule has 0 aliphatic heterocycles. The summed E-state index contributed by atoms with van der Waals surface area (Å²) in [6, 6.07) is 2.02. The van der Waals surface area contributed by atoms with Crippen LogP contribution >= 0.6 is 22.7 Å². The zero-order valence-electron chi connectivity index (χ0n) is 11.0. The number of nitrogens with zero attached hydrogens (tertiary/aromatic N) is 2. The summed E-state index contributed by atoms with van der Waals surface area (Å²) in [5.41, 5.74) is 1.60. The highest BCUT2D eigenvalue weighted by atomic mass is 32.1. The molecule has 0 saturated heterocycles. The molecule has 0 aliphatic rings. The SMILES string of the molecule is CN(C)CCCNC(=O)c1csc(-c2ccsc2)n1. The van der Waals surface area contributed by atoms with Crippen molar-refractivity contribution in [3.63, 3.8) is 0 Å². The lowest BCUT2D eigenvalue weighted by atomic mass is 10.3. The van der Waals surface area contributed by atoms with Crippen LogP contribution in [0.1, 0.15) is 16.9 Å². The van der Waals surface area contributed by atoms with Crippen molar-refractivity contribution >= 4 is 28.6 Å². The fourth-order valence-electron chi connectivity index (χ4n) is 1.58. The van der Waals surface area contributed by atoms with Crippen molar-refractivity contribution in [2.24, 2.45) is 0 Å². The minimum absolute atomic E-state index is 0.0866. The number of carbonyl (C=O) groups excluding carboxylic acids is 1. The molecule has 2 rings (SSSR count). The highest BCUT2D eigenvalue weighted by Gasteiger charge is 2.11. The Kier molecular flexibility index (Phi) is 5.07. The zero-order chi connectivity index (χ0) is 13.7. The number of hydrogen-bond donors (Lipinski definition) is 1. The molecule has 0 aliphatic carbocycles. The van der Waals surface area contributed by atoms with Gasteiger partial charge in [0.2, 0.25) is 0 Å². The van der Waals surface area contributed by atoms with E-state index in [1.54, 1.807) is 11.3 Å². The highest BCUT2D eigenvalue weighted by molar-refractivity contribution is 7.14. The van der Waals surface area contributed by atoms with Gasteiger partial charge in [0.05, 0.1) is 0 Å². The molecular formula is C13H17N3OS2. The van der Waals surface area contributed by atoms with Crippen molar-refractivity contribution in [1.29, 1.82) is 0 Å². The van der Waals surface area contributed by atoms with Crippen molar-refractivity contribution < 1.29 is 4.79 Å². The van der Waals surface area contributed by atoms with Crippen LogP contribution in [-0.2, 0) is 0 Å². The Hall–Kier alpha value is -1.24. The smallest absolute Gasteiger partial charge is 0.270 e. The second kappa shape index (κ2) is 6.79. The van der Waals surface area contributed by atoms with Gasteiger partial charge < -0.3 is 10.2 Å². The second-order valence-electron chi connectivity index (χ2n) is 4.46. The summed E-state index contributed by atoms with van der Waals surface area (Å²) < 4.78 is 0. The van der Waals surface area contributed by atoms with E-state index >= 15 is 0 Å². The third kappa shape index (κ3) is 4.12. The maximum atomic E-state index is 11.9. The van der Waals surface area contributed by atoms with E-state index in [9.17, 15) is 4.79 Å².